The molecule has 19 heavy (non-hydrogen) atoms. The molecule has 1 aromatic carbocycles. The maximum atomic E-state index is 5.83. The van der Waals surface area contributed by atoms with E-state index < -0.39 is 0 Å². The summed E-state index contributed by atoms with van der Waals surface area (Å²) in [5, 5.41) is 0. The van der Waals surface area contributed by atoms with Gasteiger partial charge in [-0.1, -0.05) is 43.5 Å². The molecular weight excluding hydrogens is 236 g/mol. The minimum atomic E-state index is 0.0781. The molecule has 1 fully saturated rings. The third-order valence-electron chi connectivity index (χ3n) is 4.42. The molecule has 0 amide bonds. The summed E-state index contributed by atoms with van der Waals surface area (Å²) in [4.78, 5) is 0. The van der Waals surface area contributed by atoms with Gasteiger partial charge in [-0.05, 0) is 36.8 Å². The van der Waals surface area contributed by atoms with Gasteiger partial charge in [-0.3, -0.25) is 11.3 Å². The molecule has 0 spiro atoms. The van der Waals surface area contributed by atoms with E-state index in [9.17, 15) is 0 Å². The van der Waals surface area contributed by atoms with Crippen molar-refractivity contribution in [3.8, 4) is 0 Å². The number of rotatable bonds is 5. The highest BCUT2D eigenvalue weighted by Crippen LogP contribution is 2.34. The highest BCUT2D eigenvalue weighted by Gasteiger charge is 2.31. The van der Waals surface area contributed by atoms with Gasteiger partial charge in [-0.2, -0.15) is 0 Å². The molecule has 1 aliphatic carbocycles. The second-order valence-electron chi connectivity index (χ2n) is 5.60. The number of hydrazine groups is 1. The first-order valence-electron chi connectivity index (χ1n) is 7.32. The van der Waals surface area contributed by atoms with E-state index in [0.717, 1.165) is 0 Å². The number of ether oxygens (including phenoxy) is 1. The van der Waals surface area contributed by atoms with Gasteiger partial charge in [0, 0.05) is 7.11 Å². The Bertz CT molecular complexity index is 388. The van der Waals surface area contributed by atoms with Crippen molar-refractivity contribution in [2.24, 2.45) is 11.8 Å². The number of nitrogens with one attached hydrogen (secondary N) is 1. The second kappa shape index (κ2) is 7.04. The average Bonchev–Trinajstić information content (AvgIpc) is 2.46. The summed E-state index contributed by atoms with van der Waals surface area (Å²) in [6, 6.07) is 8.49. The molecule has 106 valence electrons. The standard InChI is InChI=1S/C16H26N2O/c1-12-8-6-7-11-14(12)15(18-17)16(19-2)13-9-4-3-5-10-13/h6-8,11,13,15-16,18H,3-5,9-10,17H2,1-2H3. The smallest absolute Gasteiger partial charge is 0.0807 e. The van der Waals surface area contributed by atoms with Gasteiger partial charge in [0.2, 0.25) is 0 Å². The molecule has 1 aromatic rings. The minimum absolute atomic E-state index is 0.0781. The average molecular weight is 262 g/mol. The number of benzene rings is 1. The Morgan fingerprint density at radius 1 is 1.21 bits per heavy atom. The first-order valence-corrected chi connectivity index (χ1v) is 7.32. The summed E-state index contributed by atoms with van der Waals surface area (Å²) >= 11 is 0. The Balaban J connectivity index is 2.20. The fraction of sp³-hybridized carbons (Fsp3) is 0.625. The van der Waals surface area contributed by atoms with Gasteiger partial charge in [0.05, 0.1) is 12.1 Å². The zero-order valence-corrected chi connectivity index (χ0v) is 12.1. The highest BCUT2D eigenvalue weighted by molar-refractivity contribution is 5.29. The van der Waals surface area contributed by atoms with E-state index in [1.54, 1.807) is 0 Å². The van der Waals surface area contributed by atoms with E-state index in [1.165, 1.54) is 43.2 Å². The number of nitrogens with two attached hydrogens (primary N) is 1. The predicted octanol–water partition coefficient (Wildman–Crippen LogP) is 3.09. The van der Waals surface area contributed by atoms with Crippen molar-refractivity contribution in [1.82, 2.24) is 5.43 Å². The molecule has 3 nitrogen and oxygen atoms in total. The van der Waals surface area contributed by atoms with Crippen LogP contribution in [0.2, 0.25) is 0 Å². The zero-order valence-electron chi connectivity index (χ0n) is 12.1. The van der Waals surface area contributed by atoms with Crippen molar-refractivity contribution < 1.29 is 4.74 Å². The van der Waals surface area contributed by atoms with Gasteiger partial charge < -0.3 is 4.74 Å². The van der Waals surface area contributed by atoms with Crippen molar-refractivity contribution in [2.75, 3.05) is 7.11 Å². The van der Waals surface area contributed by atoms with Crippen molar-refractivity contribution in [3.63, 3.8) is 0 Å². The quantitative estimate of drug-likeness (QED) is 0.633. The number of hydrogen-bond donors (Lipinski definition) is 2. The fourth-order valence-corrected chi connectivity index (χ4v) is 3.36. The molecule has 2 unspecified atom stereocenters. The van der Waals surface area contributed by atoms with E-state index in [0.29, 0.717) is 5.92 Å². The summed E-state index contributed by atoms with van der Waals surface area (Å²) < 4.78 is 5.81. The first kappa shape index (κ1) is 14.5. The Morgan fingerprint density at radius 2 is 1.89 bits per heavy atom. The lowest BCUT2D eigenvalue weighted by Crippen LogP contribution is -2.42. The largest absolute Gasteiger partial charge is 0.379 e. The summed E-state index contributed by atoms with van der Waals surface area (Å²) in [5.74, 6) is 6.44. The van der Waals surface area contributed by atoms with Crippen LogP contribution in [0.3, 0.4) is 0 Å². The number of hydrogen-bond acceptors (Lipinski definition) is 3. The van der Waals surface area contributed by atoms with Crippen molar-refractivity contribution in [1.29, 1.82) is 0 Å². The maximum Gasteiger partial charge on any atom is 0.0807 e. The van der Waals surface area contributed by atoms with Crippen molar-refractivity contribution >= 4 is 0 Å². The Labute approximate surface area is 116 Å². The van der Waals surface area contributed by atoms with Gasteiger partial charge >= 0.3 is 0 Å². The van der Waals surface area contributed by atoms with Gasteiger partial charge in [-0.25, -0.2) is 0 Å². The molecule has 1 saturated carbocycles. The molecule has 0 saturated heterocycles. The second-order valence-corrected chi connectivity index (χ2v) is 5.60. The van der Waals surface area contributed by atoms with Gasteiger partial charge in [0.25, 0.3) is 0 Å². The summed E-state index contributed by atoms with van der Waals surface area (Å²) in [6.07, 6.45) is 6.65. The third kappa shape index (κ3) is 3.35. The Morgan fingerprint density at radius 3 is 2.47 bits per heavy atom. The van der Waals surface area contributed by atoms with E-state index in [2.05, 4.69) is 36.6 Å². The maximum absolute atomic E-state index is 5.83. The normalized spacial score (nSPS) is 20.2. The summed E-state index contributed by atoms with van der Waals surface area (Å²) in [6.45, 7) is 2.13. The lowest BCUT2D eigenvalue weighted by atomic mass is 9.80. The SMILES string of the molecule is COC(C1CCCCC1)C(NN)c1ccccc1C. The predicted molar refractivity (Wildman–Crippen MR) is 78.6 cm³/mol. The third-order valence-corrected chi connectivity index (χ3v) is 4.42. The molecule has 0 aromatic heterocycles. The number of methoxy groups -OCH3 is 1. The van der Waals surface area contributed by atoms with Gasteiger partial charge in [0.1, 0.15) is 0 Å². The molecule has 2 rings (SSSR count). The van der Waals surface area contributed by atoms with Crippen LogP contribution in [0.1, 0.15) is 49.3 Å². The molecule has 0 heterocycles. The Hall–Kier alpha value is -0.900. The molecule has 1 aliphatic rings. The van der Waals surface area contributed by atoms with E-state index >= 15 is 0 Å². The molecule has 2 atom stereocenters. The van der Waals surface area contributed by atoms with Crippen molar-refractivity contribution in [2.45, 2.75) is 51.2 Å². The molecule has 0 aliphatic heterocycles. The summed E-state index contributed by atoms with van der Waals surface area (Å²) in [5.41, 5.74) is 5.50. The van der Waals surface area contributed by atoms with Crippen LogP contribution in [0.25, 0.3) is 0 Å². The van der Waals surface area contributed by atoms with E-state index in [-0.39, 0.29) is 12.1 Å². The van der Waals surface area contributed by atoms with Crippen LogP contribution >= 0.6 is 0 Å². The van der Waals surface area contributed by atoms with E-state index in [1.807, 2.05) is 7.11 Å². The van der Waals surface area contributed by atoms with Crippen molar-refractivity contribution in [3.05, 3.63) is 35.4 Å². The van der Waals surface area contributed by atoms with Crippen LogP contribution in [0.5, 0.6) is 0 Å². The molecule has 0 bridgehead atoms. The zero-order chi connectivity index (χ0) is 13.7. The fourth-order valence-electron chi connectivity index (χ4n) is 3.36. The van der Waals surface area contributed by atoms with Crippen LogP contribution in [-0.2, 0) is 4.74 Å². The van der Waals surface area contributed by atoms with Crippen LogP contribution in [0.4, 0.5) is 0 Å². The summed E-state index contributed by atoms with van der Waals surface area (Å²) in [7, 11) is 1.81. The molecule has 3 N–H and O–H groups in total. The van der Waals surface area contributed by atoms with Gasteiger partial charge in [-0.15, -0.1) is 0 Å². The lowest BCUT2D eigenvalue weighted by molar-refractivity contribution is 0.00735. The number of aryl methyl sites for hydroxylation is 1. The van der Waals surface area contributed by atoms with Crippen LogP contribution < -0.4 is 11.3 Å². The lowest BCUT2D eigenvalue weighted by Gasteiger charge is -2.35. The molecule has 0 radical (unpaired) electrons. The van der Waals surface area contributed by atoms with Crippen LogP contribution in [-0.4, -0.2) is 13.2 Å². The van der Waals surface area contributed by atoms with Crippen LogP contribution in [0.15, 0.2) is 24.3 Å². The molecule has 3 heteroatoms. The highest BCUT2D eigenvalue weighted by atomic mass is 16.5. The first-order chi connectivity index (χ1) is 9.27. The van der Waals surface area contributed by atoms with E-state index in [4.69, 9.17) is 10.6 Å². The molecular formula is C16H26N2O. The minimum Gasteiger partial charge on any atom is -0.379 e. The Kier molecular flexibility index (Phi) is 5.37. The van der Waals surface area contributed by atoms with Crippen LogP contribution in [0, 0.1) is 12.8 Å². The monoisotopic (exact) mass is 262 g/mol. The topological polar surface area (TPSA) is 47.3 Å². The van der Waals surface area contributed by atoms with Gasteiger partial charge in [0.15, 0.2) is 0 Å².